The first-order chi connectivity index (χ1) is 9.95. The van der Waals surface area contributed by atoms with Gasteiger partial charge in [-0.15, -0.1) is 0 Å². The Morgan fingerprint density at radius 2 is 1.86 bits per heavy atom. The quantitative estimate of drug-likeness (QED) is 0.734. The molecule has 0 bridgehead atoms. The predicted octanol–water partition coefficient (Wildman–Crippen LogP) is 3.88. The van der Waals surface area contributed by atoms with Crippen LogP contribution in [0.2, 0.25) is 0 Å². The SMILES string of the molecule is CC12CC[C@H]3C(CCC4=CC(=O)CC[C@@]43C)[C@@H]1CC[C@@H]2O. The highest BCUT2D eigenvalue weighted by Crippen LogP contribution is 2.65. The Bertz CT molecular complexity index is 508. The van der Waals surface area contributed by atoms with Gasteiger partial charge in [-0.05, 0) is 79.6 Å². The third kappa shape index (κ3) is 1.78. The number of hydrogen-bond donors (Lipinski definition) is 1. The van der Waals surface area contributed by atoms with Gasteiger partial charge in [0.25, 0.3) is 0 Å². The van der Waals surface area contributed by atoms with Gasteiger partial charge in [-0.3, -0.25) is 4.79 Å². The van der Waals surface area contributed by atoms with E-state index in [4.69, 9.17) is 0 Å². The summed E-state index contributed by atoms with van der Waals surface area (Å²) in [6.07, 6.45) is 10.7. The molecule has 0 saturated heterocycles. The molecule has 2 heteroatoms. The van der Waals surface area contributed by atoms with Crippen LogP contribution in [-0.2, 0) is 4.79 Å². The van der Waals surface area contributed by atoms with Crippen LogP contribution in [0.3, 0.4) is 0 Å². The van der Waals surface area contributed by atoms with Crippen LogP contribution in [0.5, 0.6) is 0 Å². The van der Waals surface area contributed by atoms with E-state index >= 15 is 0 Å². The average molecular weight is 288 g/mol. The number of fused-ring (bicyclic) bond motifs is 5. The highest BCUT2D eigenvalue weighted by molar-refractivity contribution is 5.91. The topological polar surface area (TPSA) is 37.3 Å². The van der Waals surface area contributed by atoms with Gasteiger partial charge in [-0.25, -0.2) is 0 Å². The van der Waals surface area contributed by atoms with E-state index in [1.165, 1.54) is 31.3 Å². The molecule has 3 fully saturated rings. The fraction of sp³-hybridized carbons (Fsp3) is 0.842. The van der Waals surface area contributed by atoms with Crippen molar-refractivity contribution in [2.45, 2.75) is 71.3 Å². The van der Waals surface area contributed by atoms with E-state index < -0.39 is 0 Å². The molecule has 0 heterocycles. The second-order valence-electron chi connectivity index (χ2n) is 8.61. The molecule has 0 radical (unpaired) electrons. The summed E-state index contributed by atoms with van der Waals surface area (Å²) in [4.78, 5) is 11.8. The fourth-order valence-corrected chi connectivity index (χ4v) is 6.53. The smallest absolute Gasteiger partial charge is 0.155 e. The molecule has 0 aromatic heterocycles. The molecule has 4 aliphatic carbocycles. The van der Waals surface area contributed by atoms with Crippen molar-refractivity contribution >= 4 is 5.78 Å². The molecule has 2 nitrogen and oxygen atoms in total. The Morgan fingerprint density at radius 1 is 1.05 bits per heavy atom. The monoisotopic (exact) mass is 288 g/mol. The first-order valence-corrected chi connectivity index (χ1v) is 8.87. The molecule has 1 N–H and O–H groups in total. The van der Waals surface area contributed by atoms with Crippen LogP contribution in [-0.4, -0.2) is 17.0 Å². The van der Waals surface area contributed by atoms with Crippen LogP contribution >= 0.6 is 0 Å². The van der Waals surface area contributed by atoms with Gasteiger partial charge in [0.05, 0.1) is 6.10 Å². The van der Waals surface area contributed by atoms with Crippen molar-refractivity contribution in [1.82, 2.24) is 0 Å². The maximum atomic E-state index is 11.8. The van der Waals surface area contributed by atoms with Gasteiger partial charge in [0.2, 0.25) is 0 Å². The Labute approximate surface area is 128 Å². The van der Waals surface area contributed by atoms with Crippen LogP contribution in [0.1, 0.15) is 65.2 Å². The molecule has 0 aromatic rings. The van der Waals surface area contributed by atoms with E-state index in [9.17, 15) is 9.90 Å². The van der Waals surface area contributed by atoms with E-state index in [1.54, 1.807) is 0 Å². The Kier molecular flexibility index (Phi) is 2.96. The van der Waals surface area contributed by atoms with Crippen LogP contribution in [0.4, 0.5) is 0 Å². The number of hydrogen-bond acceptors (Lipinski definition) is 2. The molecule has 0 aliphatic heterocycles. The van der Waals surface area contributed by atoms with Gasteiger partial charge >= 0.3 is 0 Å². The second kappa shape index (κ2) is 4.44. The van der Waals surface area contributed by atoms with Crippen molar-refractivity contribution in [3.05, 3.63) is 11.6 Å². The molecule has 4 rings (SSSR count). The molecule has 6 atom stereocenters. The van der Waals surface area contributed by atoms with Crippen molar-refractivity contribution < 1.29 is 9.90 Å². The van der Waals surface area contributed by atoms with E-state index in [0.717, 1.165) is 37.5 Å². The minimum Gasteiger partial charge on any atom is -0.393 e. The van der Waals surface area contributed by atoms with E-state index in [1.807, 2.05) is 6.08 Å². The predicted molar refractivity (Wildman–Crippen MR) is 82.7 cm³/mol. The van der Waals surface area contributed by atoms with Gasteiger partial charge in [-0.2, -0.15) is 0 Å². The summed E-state index contributed by atoms with van der Waals surface area (Å²) in [6, 6.07) is 0. The lowest BCUT2D eigenvalue weighted by atomic mass is 9.47. The third-order valence-electron chi connectivity index (χ3n) is 7.91. The number of aliphatic hydroxyl groups excluding tert-OH is 1. The molecule has 4 aliphatic rings. The summed E-state index contributed by atoms with van der Waals surface area (Å²) in [6.45, 7) is 4.76. The number of carbonyl (C=O) groups is 1. The Balaban J connectivity index is 1.69. The average Bonchev–Trinajstić information content (AvgIpc) is 2.76. The number of ketones is 1. The molecular weight excluding hydrogens is 260 g/mol. The Morgan fingerprint density at radius 3 is 2.67 bits per heavy atom. The van der Waals surface area contributed by atoms with E-state index in [0.29, 0.717) is 11.7 Å². The van der Waals surface area contributed by atoms with E-state index in [-0.39, 0.29) is 16.9 Å². The fourth-order valence-electron chi connectivity index (χ4n) is 6.53. The van der Waals surface area contributed by atoms with Gasteiger partial charge in [-0.1, -0.05) is 19.4 Å². The molecule has 0 aromatic carbocycles. The number of rotatable bonds is 0. The number of allylic oxidation sites excluding steroid dienone is 1. The first-order valence-electron chi connectivity index (χ1n) is 8.87. The van der Waals surface area contributed by atoms with Crippen LogP contribution in [0.15, 0.2) is 11.6 Å². The maximum Gasteiger partial charge on any atom is 0.155 e. The Hall–Kier alpha value is -0.630. The molecule has 0 amide bonds. The minimum absolute atomic E-state index is 0.0823. The zero-order valence-corrected chi connectivity index (χ0v) is 13.4. The van der Waals surface area contributed by atoms with Gasteiger partial charge < -0.3 is 5.11 Å². The summed E-state index contributed by atoms with van der Waals surface area (Å²) in [5.74, 6) is 2.57. The van der Waals surface area contributed by atoms with Crippen molar-refractivity contribution in [3.63, 3.8) is 0 Å². The van der Waals surface area contributed by atoms with Gasteiger partial charge in [0.15, 0.2) is 5.78 Å². The number of aliphatic hydroxyl groups is 1. The first kappa shape index (κ1) is 14.0. The zero-order chi connectivity index (χ0) is 14.8. The summed E-state index contributed by atoms with van der Waals surface area (Å²) < 4.78 is 0. The lowest BCUT2D eigenvalue weighted by Crippen LogP contribution is -2.51. The van der Waals surface area contributed by atoms with Crippen molar-refractivity contribution in [3.8, 4) is 0 Å². The highest BCUT2D eigenvalue weighted by atomic mass is 16.3. The molecule has 2 unspecified atom stereocenters. The summed E-state index contributed by atoms with van der Waals surface area (Å²) >= 11 is 0. The highest BCUT2D eigenvalue weighted by Gasteiger charge is 2.58. The molecule has 0 spiro atoms. The van der Waals surface area contributed by atoms with Crippen LogP contribution in [0.25, 0.3) is 0 Å². The maximum absolute atomic E-state index is 11.8. The van der Waals surface area contributed by atoms with Crippen LogP contribution < -0.4 is 0 Å². The van der Waals surface area contributed by atoms with Gasteiger partial charge in [0, 0.05) is 6.42 Å². The normalized spacial score (nSPS) is 52.7. The van der Waals surface area contributed by atoms with Gasteiger partial charge in [0.1, 0.15) is 0 Å². The van der Waals surface area contributed by atoms with Crippen molar-refractivity contribution in [2.24, 2.45) is 28.6 Å². The van der Waals surface area contributed by atoms with Crippen LogP contribution in [0, 0.1) is 28.6 Å². The van der Waals surface area contributed by atoms with E-state index in [2.05, 4.69) is 13.8 Å². The summed E-state index contributed by atoms with van der Waals surface area (Å²) in [5.41, 5.74) is 1.89. The largest absolute Gasteiger partial charge is 0.393 e. The molecule has 116 valence electrons. The van der Waals surface area contributed by atoms with Crippen molar-refractivity contribution in [2.75, 3.05) is 0 Å². The molecule has 21 heavy (non-hydrogen) atoms. The standard InChI is InChI=1S/C19H28O2/c1-18-9-7-13(20)11-12(18)3-4-14-15-5-6-17(21)19(15,2)10-8-16(14)18/h11,14-17,21H,3-10H2,1-2H3/t14?,15-,16-,17-,18-,19?/m0/s1. The summed E-state index contributed by atoms with van der Waals surface area (Å²) in [5, 5.41) is 10.4. The molecular formula is C19H28O2. The number of carbonyl (C=O) groups excluding carboxylic acids is 1. The zero-order valence-electron chi connectivity index (χ0n) is 13.4. The lowest BCUT2D eigenvalue weighted by Gasteiger charge is -2.57. The lowest BCUT2D eigenvalue weighted by molar-refractivity contribution is -0.118. The van der Waals surface area contributed by atoms with Crippen molar-refractivity contribution in [1.29, 1.82) is 0 Å². The molecule has 3 saturated carbocycles. The second-order valence-corrected chi connectivity index (χ2v) is 8.61. The minimum atomic E-state index is -0.0823. The summed E-state index contributed by atoms with van der Waals surface area (Å²) in [7, 11) is 0. The third-order valence-corrected chi connectivity index (χ3v) is 7.91.